The van der Waals surface area contributed by atoms with E-state index in [1.54, 1.807) is 7.05 Å². The van der Waals surface area contributed by atoms with Crippen LogP contribution in [-0.4, -0.2) is 47.8 Å². The van der Waals surface area contributed by atoms with Crippen molar-refractivity contribution < 1.29 is 4.79 Å². The molecule has 7 nitrogen and oxygen atoms in total. The fourth-order valence-electron chi connectivity index (χ4n) is 2.71. The number of hydrogen-bond acceptors (Lipinski definition) is 3. The second-order valence-electron chi connectivity index (χ2n) is 7.18. The van der Waals surface area contributed by atoms with Gasteiger partial charge >= 0.3 is 0 Å². The number of hydrogen-bond donors (Lipinski definition) is 3. The molecule has 0 bridgehead atoms. The quantitative estimate of drug-likeness (QED) is 0.318. The zero-order valence-corrected chi connectivity index (χ0v) is 19.7. The topological polar surface area (TPSA) is 83.3 Å². The summed E-state index contributed by atoms with van der Waals surface area (Å²) in [5, 5.41) is 13.8. The average molecular weight is 478 g/mol. The molecule has 1 aromatic heterocycles. The van der Waals surface area contributed by atoms with E-state index in [-0.39, 0.29) is 35.9 Å². The van der Waals surface area contributed by atoms with Gasteiger partial charge in [0.15, 0.2) is 5.96 Å². The fourth-order valence-corrected chi connectivity index (χ4v) is 2.71. The van der Waals surface area contributed by atoms with Crippen LogP contribution in [0.15, 0.2) is 4.99 Å². The van der Waals surface area contributed by atoms with Gasteiger partial charge in [-0.15, -0.1) is 24.0 Å². The summed E-state index contributed by atoms with van der Waals surface area (Å²) in [5.41, 5.74) is 2.98. The number of amides is 1. The molecule has 1 amide bonds. The molecule has 3 N–H and O–H groups in total. The fraction of sp³-hybridized carbons (Fsp3) is 0.722. The molecule has 0 saturated heterocycles. The Hall–Kier alpha value is -1.32. The zero-order valence-electron chi connectivity index (χ0n) is 17.4. The molecule has 0 aliphatic carbocycles. The molecule has 0 saturated carbocycles. The number of carbonyl (C=O) groups excluding carboxylic acids is 1. The molecule has 1 aromatic rings. The van der Waals surface area contributed by atoms with E-state index in [1.165, 1.54) is 11.3 Å². The second kappa shape index (κ2) is 10.7. The van der Waals surface area contributed by atoms with Gasteiger partial charge in [0.25, 0.3) is 0 Å². The minimum atomic E-state index is -0.545. The molecule has 0 radical (unpaired) electrons. The van der Waals surface area contributed by atoms with Crippen molar-refractivity contribution in [2.45, 2.75) is 54.0 Å². The van der Waals surface area contributed by atoms with Crippen LogP contribution in [0.1, 0.15) is 44.6 Å². The summed E-state index contributed by atoms with van der Waals surface area (Å²) in [6, 6.07) is 0.197. The Balaban J connectivity index is 0.00000625. The first-order valence-electron chi connectivity index (χ1n) is 8.88. The van der Waals surface area contributed by atoms with Crippen molar-refractivity contribution >= 4 is 35.8 Å². The van der Waals surface area contributed by atoms with Crippen LogP contribution >= 0.6 is 24.0 Å². The van der Waals surface area contributed by atoms with Gasteiger partial charge in [-0.25, -0.2) is 0 Å². The molecule has 1 heterocycles. The van der Waals surface area contributed by atoms with E-state index in [4.69, 9.17) is 0 Å². The largest absolute Gasteiger partial charge is 0.359 e. The first kappa shape index (κ1) is 24.7. The third-order valence-corrected chi connectivity index (χ3v) is 4.37. The van der Waals surface area contributed by atoms with Gasteiger partial charge < -0.3 is 16.0 Å². The molecule has 0 aromatic carbocycles. The van der Waals surface area contributed by atoms with Crippen molar-refractivity contribution in [1.82, 2.24) is 25.7 Å². The SMILES string of the molecule is CCNC(=NCC(C)(C)C(=O)NC)NC(C)Cc1c(C)nn(C)c1C.I. The third-order valence-electron chi connectivity index (χ3n) is 4.37. The molecule has 150 valence electrons. The predicted octanol–water partition coefficient (Wildman–Crippen LogP) is 1.91. The summed E-state index contributed by atoms with van der Waals surface area (Å²) < 4.78 is 1.92. The Labute approximate surface area is 174 Å². The highest BCUT2D eigenvalue weighted by molar-refractivity contribution is 14.0. The lowest BCUT2D eigenvalue weighted by Crippen LogP contribution is -2.44. The number of carbonyl (C=O) groups is 1. The van der Waals surface area contributed by atoms with E-state index < -0.39 is 5.41 Å². The van der Waals surface area contributed by atoms with Gasteiger partial charge in [-0.1, -0.05) is 0 Å². The number of rotatable bonds is 7. The number of aromatic nitrogens is 2. The van der Waals surface area contributed by atoms with E-state index in [1.807, 2.05) is 39.4 Å². The summed E-state index contributed by atoms with van der Waals surface area (Å²) in [7, 11) is 3.62. The van der Waals surface area contributed by atoms with Crippen molar-refractivity contribution in [3.8, 4) is 0 Å². The zero-order chi connectivity index (χ0) is 19.2. The Morgan fingerprint density at radius 3 is 2.42 bits per heavy atom. The molecule has 1 rings (SSSR count). The van der Waals surface area contributed by atoms with Gasteiger partial charge in [-0.05, 0) is 53.5 Å². The van der Waals surface area contributed by atoms with Crippen molar-refractivity contribution in [2.75, 3.05) is 20.1 Å². The Morgan fingerprint density at radius 2 is 1.96 bits per heavy atom. The van der Waals surface area contributed by atoms with Crippen molar-refractivity contribution in [3.05, 3.63) is 17.0 Å². The number of aliphatic imine (C=N–C) groups is 1. The van der Waals surface area contributed by atoms with Crippen molar-refractivity contribution in [1.29, 1.82) is 0 Å². The van der Waals surface area contributed by atoms with Crippen LogP contribution in [0, 0.1) is 19.3 Å². The van der Waals surface area contributed by atoms with Gasteiger partial charge in [0.1, 0.15) is 0 Å². The normalized spacial score (nSPS) is 13.0. The van der Waals surface area contributed by atoms with Crippen molar-refractivity contribution in [2.24, 2.45) is 17.5 Å². The Bertz CT molecular complexity index is 623. The highest BCUT2D eigenvalue weighted by Gasteiger charge is 2.26. The smallest absolute Gasteiger partial charge is 0.227 e. The number of guanidine groups is 1. The minimum absolute atomic E-state index is 0. The monoisotopic (exact) mass is 478 g/mol. The Morgan fingerprint density at radius 1 is 1.35 bits per heavy atom. The molecule has 1 atom stereocenters. The maximum atomic E-state index is 11.9. The van der Waals surface area contributed by atoms with Crippen LogP contribution in [0.3, 0.4) is 0 Å². The number of nitrogens with zero attached hydrogens (tertiary/aromatic N) is 3. The molecule has 0 spiro atoms. The standard InChI is InChI=1S/C18H34N6O.HI/c1-9-20-17(21-11-18(5,6)16(25)19-7)22-12(2)10-15-13(3)23-24(8)14(15)4;/h12H,9-11H2,1-8H3,(H,19,25)(H2,20,21,22);1H. The van der Waals surface area contributed by atoms with Gasteiger partial charge in [0.05, 0.1) is 17.7 Å². The molecule has 26 heavy (non-hydrogen) atoms. The van der Waals surface area contributed by atoms with Crippen LogP contribution in [0.4, 0.5) is 0 Å². The molecular formula is C18H35IN6O. The number of nitrogens with one attached hydrogen (secondary N) is 3. The lowest BCUT2D eigenvalue weighted by Gasteiger charge is -2.22. The summed E-state index contributed by atoms with van der Waals surface area (Å²) >= 11 is 0. The summed E-state index contributed by atoms with van der Waals surface area (Å²) in [6.07, 6.45) is 0.870. The Kier molecular flexibility index (Phi) is 10.2. The van der Waals surface area contributed by atoms with Crippen LogP contribution in [0.2, 0.25) is 0 Å². The van der Waals surface area contributed by atoms with E-state index in [9.17, 15) is 4.79 Å². The highest BCUT2D eigenvalue weighted by atomic mass is 127. The van der Waals surface area contributed by atoms with E-state index >= 15 is 0 Å². The minimum Gasteiger partial charge on any atom is -0.359 e. The maximum Gasteiger partial charge on any atom is 0.227 e. The lowest BCUT2D eigenvalue weighted by molar-refractivity contribution is -0.128. The van der Waals surface area contributed by atoms with Crippen LogP contribution < -0.4 is 16.0 Å². The van der Waals surface area contributed by atoms with Gasteiger partial charge in [0, 0.05) is 32.4 Å². The predicted molar refractivity (Wildman–Crippen MR) is 118 cm³/mol. The molecule has 0 aliphatic rings. The molecule has 1 unspecified atom stereocenters. The van der Waals surface area contributed by atoms with E-state index in [2.05, 4.69) is 39.9 Å². The summed E-state index contributed by atoms with van der Waals surface area (Å²) in [6.45, 7) is 13.3. The van der Waals surface area contributed by atoms with Gasteiger partial charge in [-0.3, -0.25) is 14.5 Å². The van der Waals surface area contributed by atoms with Crippen LogP contribution in [-0.2, 0) is 18.3 Å². The lowest BCUT2D eigenvalue weighted by atomic mass is 9.93. The first-order chi connectivity index (χ1) is 11.6. The number of halogens is 1. The van der Waals surface area contributed by atoms with Gasteiger partial charge in [0.2, 0.25) is 5.91 Å². The van der Waals surface area contributed by atoms with E-state index in [0.717, 1.165) is 24.6 Å². The molecule has 8 heteroatoms. The van der Waals surface area contributed by atoms with E-state index in [0.29, 0.717) is 6.54 Å². The molecule has 0 aliphatic heterocycles. The highest BCUT2D eigenvalue weighted by Crippen LogP contribution is 2.16. The first-order valence-corrected chi connectivity index (χ1v) is 8.88. The summed E-state index contributed by atoms with van der Waals surface area (Å²) in [5.74, 6) is 0.716. The van der Waals surface area contributed by atoms with Crippen molar-refractivity contribution in [3.63, 3.8) is 0 Å². The molecular weight excluding hydrogens is 443 g/mol. The number of aryl methyl sites for hydroxylation is 2. The van der Waals surface area contributed by atoms with Gasteiger partial charge in [-0.2, -0.15) is 5.10 Å². The maximum absolute atomic E-state index is 11.9. The van der Waals surface area contributed by atoms with Crippen LogP contribution in [0.25, 0.3) is 0 Å². The summed E-state index contributed by atoms with van der Waals surface area (Å²) in [4.78, 5) is 16.5. The average Bonchev–Trinajstić information content (AvgIpc) is 2.78. The molecule has 0 fully saturated rings. The second-order valence-corrected chi connectivity index (χ2v) is 7.18. The third kappa shape index (κ3) is 6.77. The van der Waals surface area contributed by atoms with Crippen LogP contribution in [0.5, 0.6) is 0 Å².